The van der Waals surface area contributed by atoms with E-state index in [4.69, 9.17) is 16.7 Å². The minimum absolute atomic E-state index is 0.0336. The fourth-order valence-corrected chi connectivity index (χ4v) is 2.09. The van der Waals surface area contributed by atoms with Crippen LogP contribution in [-0.2, 0) is 6.18 Å². The maximum absolute atomic E-state index is 12.9. The predicted octanol–water partition coefficient (Wildman–Crippen LogP) is 3.61. The molecule has 2 rings (SSSR count). The molecule has 0 bridgehead atoms. The van der Waals surface area contributed by atoms with Crippen molar-refractivity contribution in [2.45, 2.75) is 13.1 Å². The Labute approximate surface area is 135 Å². The second kappa shape index (κ2) is 7.01. The van der Waals surface area contributed by atoms with E-state index in [2.05, 4.69) is 20.6 Å². The predicted molar refractivity (Wildman–Crippen MR) is 82.1 cm³/mol. The third-order valence-corrected chi connectivity index (χ3v) is 3.20. The van der Waals surface area contributed by atoms with Crippen LogP contribution >= 0.6 is 11.6 Å². The number of halogens is 4. The molecule has 0 fully saturated rings. The smallest absolute Gasteiger partial charge is 0.395 e. The van der Waals surface area contributed by atoms with Crippen LogP contribution in [0, 0.1) is 6.92 Å². The molecule has 9 heteroatoms. The first kappa shape index (κ1) is 17.3. The molecule has 0 amide bonds. The van der Waals surface area contributed by atoms with E-state index in [0.29, 0.717) is 10.7 Å². The molecule has 0 saturated carbocycles. The van der Waals surface area contributed by atoms with Gasteiger partial charge in [-0.3, -0.25) is 0 Å². The minimum Gasteiger partial charge on any atom is -0.395 e. The Morgan fingerprint density at radius 3 is 2.61 bits per heavy atom. The molecule has 0 saturated heterocycles. The largest absolute Gasteiger partial charge is 0.433 e. The molecule has 0 aliphatic rings. The quantitative estimate of drug-likeness (QED) is 0.771. The second-order valence-electron chi connectivity index (χ2n) is 4.67. The first-order chi connectivity index (χ1) is 10.8. The van der Waals surface area contributed by atoms with E-state index in [1.807, 2.05) is 0 Å². The maximum Gasteiger partial charge on any atom is 0.433 e. The van der Waals surface area contributed by atoms with Gasteiger partial charge in [0.2, 0.25) is 5.95 Å². The monoisotopic (exact) mass is 346 g/mol. The van der Waals surface area contributed by atoms with Gasteiger partial charge in [0.25, 0.3) is 0 Å². The number of aryl methyl sites for hydroxylation is 1. The average molecular weight is 347 g/mol. The first-order valence-corrected chi connectivity index (χ1v) is 7.02. The van der Waals surface area contributed by atoms with Crippen LogP contribution in [0.2, 0.25) is 5.02 Å². The van der Waals surface area contributed by atoms with Crippen LogP contribution in [0.4, 0.5) is 30.6 Å². The lowest BCUT2D eigenvalue weighted by atomic mass is 10.2. The number of aliphatic hydroxyl groups is 1. The molecule has 0 aliphatic heterocycles. The second-order valence-corrected chi connectivity index (χ2v) is 5.07. The number of aromatic nitrogens is 2. The number of rotatable bonds is 5. The van der Waals surface area contributed by atoms with E-state index in [-0.39, 0.29) is 24.9 Å². The van der Waals surface area contributed by atoms with Gasteiger partial charge in [-0.2, -0.15) is 18.2 Å². The highest BCUT2D eigenvalue weighted by Gasteiger charge is 2.33. The molecule has 2 aromatic rings. The highest BCUT2D eigenvalue weighted by molar-refractivity contribution is 6.33. The normalized spacial score (nSPS) is 11.4. The molecule has 1 heterocycles. The number of anilines is 3. The van der Waals surface area contributed by atoms with Crippen molar-refractivity contribution in [2.75, 3.05) is 23.8 Å². The molecule has 0 spiro atoms. The Bertz CT molecular complexity index is 674. The van der Waals surface area contributed by atoms with Gasteiger partial charge in [-0.05, 0) is 18.6 Å². The SMILES string of the molecule is Cc1cccc(Cl)c1Nc1cc(C(F)(F)F)nc(NCCO)n1. The molecule has 23 heavy (non-hydrogen) atoms. The first-order valence-electron chi connectivity index (χ1n) is 6.64. The van der Waals surface area contributed by atoms with E-state index in [1.54, 1.807) is 25.1 Å². The number of hydrogen-bond acceptors (Lipinski definition) is 5. The van der Waals surface area contributed by atoms with E-state index in [1.165, 1.54) is 0 Å². The Kier molecular flexibility index (Phi) is 5.27. The molecule has 124 valence electrons. The number of benzene rings is 1. The van der Waals surface area contributed by atoms with Crippen LogP contribution < -0.4 is 10.6 Å². The summed E-state index contributed by atoms with van der Waals surface area (Å²) in [7, 11) is 0. The van der Waals surface area contributed by atoms with Crippen molar-refractivity contribution < 1.29 is 18.3 Å². The number of para-hydroxylation sites is 1. The van der Waals surface area contributed by atoms with Crippen molar-refractivity contribution in [3.63, 3.8) is 0 Å². The van der Waals surface area contributed by atoms with Crippen molar-refractivity contribution in [2.24, 2.45) is 0 Å². The maximum atomic E-state index is 12.9. The molecule has 0 radical (unpaired) electrons. The molecular formula is C14H14ClF3N4O. The standard InChI is InChI=1S/C14H14ClF3N4O/c1-8-3-2-4-9(15)12(8)21-11-7-10(14(16,17)18)20-13(22-11)19-5-6-23/h2-4,7,23H,5-6H2,1H3,(H2,19,20,21,22). The van der Waals surface area contributed by atoms with Crippen molar-refractivity contribution in [3.8, 4) is 0 Å². The number of alkyl halides is 3. The summed E-state index contributed by atoms with van der Waals surface area (Å²) in [6, 6.07) is 5.92. The van der Waals surface area contributed by atoms with Gasteiger partial charge >= 0.3 is 6.18 Å². The molecule has 3 N–H and O–H groups in total. The number of hydrogen-bond donors (Lipinski definition) is 3. The van der Waals surface area contributed by atoms with E-state index >= 15 is 0 Å². The lowest BCUT2D eigenvalue weighted by Gasteiger charge is -2.14. The van der Waals surface area contributed by atoms with Crippen molar-refractivity contribution in [1.29, 1.82) is 0 Å². The third kappa shape index (κ3) is 4.46. The molecule has 1 aromatic carbocycles. The number of aliphatic hydroxyl groups excluding tert-OH is 1. The Balaban J connectivity index is 2.40. The van der Waals surface area contributed by atoms with Crippen molar-refractivity contribution >= 4 is 29.1 Å². The summed E-state index contributed by atoms with van der Waals surface area (Å²) in [6.45, 7) is 1.54. The van der Waals surface area contributed by atoms with Crippen molar-refractivity contribution in [3.05, 3.63) is 40.5 Å². The molecular weight excluding hydrogens is 333 g/mol. The summed E-state index contributed by atoms with van der Waals surface area (Å²) in [5.74, 6) is -0.287. The highest BCUT2D eigenvalue weighted by atomic mass is 35.5. The van der Waals surface area contributed by atoms with Gasteiger partial charge < -0.3 is 15.7 Å². The van der Waals surface area contributed by atoms with Gasteiger partial charge in [-0.15, -0.1) is 0 Å². The van der Waals surface area contributed by atoms with Crippen LogP contribution in [0.25, 0.3) is 0 Å². The van der Waals surface area contributed by atoms with E-state index < -0.39 is 11.9 Å². The number of nitrogens with one attached hydrogen (secondary N) is 2. The van der Waals surface area contributed by atoms with Crippen LogP contribution in [0.5, 0.6) is 0 Å². The van der Waals surface area contributed by atoms with Gasteiger partial charge in [-0.1, -0.05) is 23.7 Å². The van der Waals surface area contributed by atoms with Gasteiger partial charge in [0.05, 0.1) is 17.3 Å². The fraction of sp³-hybridized carbons (Fsp3) is 0.286. The summed E-state index contributed by atoms with van der Waals surface area (Å²) in [4.78, 5) is 7.36. The highest BCUT2D eigenvalue weighted by Crippen LogP contribution is 2.32. The van der Waals surface area contributed by atoms with Crippen LogP contribution in [-0.4, -0.2) is 28.2 Å². The Hall–Kier alpha value is -2.06. The van der Waals surface area contributed by atoms with E-state index in [9.17, 15) is 13.2 Å². The van der Waals surface area contributed by atoms with Crippen LogP contribution in [0.1, 0.15) is 11.3 Å². The summed E-state index contributed by atoms with van der Waals surface area (Å²) < 4.78 is 38.8. The zero-order chi connectivity index (χ0) is 17.0. The van der Waals surface area contributed by atoms with E-state index in [0.717, 1.165) is 11.6 Å². The Morgan fingerprint density at radius 2 is 2.00 bits per heavy atom. The molecule has 0 unspecified atom stereocenters. The zero-order valence-corrected chi connectivity index (χ0v) is 12.8. The molecule has 0 atom stereocenters. The zero-order valence-electron chi connectivity index (χ0n) is 12.1. The lowest BCUT2D eigenvalue weighted by molar-refractivity contribution is -0.141. The van der Waals surface area contributed by atoms with Gasteiger partial charge in [0.15, 0.2) is 5.69 Å². The van der Waals surface area contributed by atoms with Crippen LogP contribution in [0.3, 0.4) is 0 Å². The lowest BCUT2D eigenvalue weighted by Crippen LogP contribution is -2.15. The average Bonchev–Trinajstić information content (AvgIpc) is 2.48. The number of nitrogens with zero attached hydrogens (tertiary/aromatic N) is 2. The molecule has 1 aromatic heterocycles. The third-order valence-electron chi connectivity index (χ3n) is 2.89. The van der Waals surface area contributed by atoms with Gasteiger partial charge in [-0.25, -0.2) is 4.98 Å². The summed E-state index contributed by atoms with van der Waals surface area (Å²) in [5.41, 5.74) is 0.129. The summed E-state index contributed by atoms with van der Waals surface area (Å²) >= 11 is 6.06. The molecule has 5 nitrogen and oxygen atoms in total. The Morgan fingerprint density at radius 1 is 1.26 bits per heavy atom. The van der Waals surface area contributed by atoms with Gasteiger partial charge in [0, 0.05) is 12.6 Å². The van der Waals surface area contributed by atoms with Gasteiger partial charge in [0.1, 0.15) is 5.82 Å². The minimum atomic E-state index is -4.62. The summed E-state index contributed by atoms with van der Waals surface area (Å²) in [6.07, 6.45) is -4.62. The molecule has 0 aliphatic carbocycles. The topological polar surface area (TPSA) is 70.1 Å². The summed E-state index contributed by atoms with van der Waals surface area (Å²) in [5, 5.41) is 14.4. The van der Waals surface area contributed by atoms with Crippen LogP contribution in [0.15, 0.2) is 24.3 Å². The fourth-order valence-electron chi connectivity index (χ4n) is 1.82. The van der Waals surface area contributed by atoms with Crippen molar-refractivity contribution in [1.82, 2.24) is 9.97 Å².